The average Bonchev–Trinajstić information content (AvgIpc) is 3.42. The summed E-state index contributed by atoms with van der Waals surface area (Å²) in [5.74, 6) is 1.97. The van der Waals surface area contributed by atoms with Gasteiger partial charge in [-0.15, -0.1) is 0 Å². The molecule has 1 heterocycles. The maximum absolute atomic E-state index is 5.08. The van der Waals surface area contributed by atoms with Crippen molar-refractivity contribution in [1.82, 2.24) is 15.0 Å². The van der Waals surface area contributed by atoms with Crippen LogP contribution in [0.2, 0.25) is 0 Å². The van der Waals surface area contributed by atoms with Crippen LogP contribution in [0.1, 0.15) is 22.3 Å². The van der Waals surface area contributed by atoms with Crippen LogP contribution in [0, 0.1) is 0 Å². The molecule has 0 aliphatic heterocycles. The largest absolute Gasteiger partial charge is 0.208 e. The fourth-order valence-electron chi connectivity index (χ4n) is 8.13. The molecule has 0 atom stereocenters. The lowest BCUT2D eigenvalue weighted by molar-refractivity contribution is 0.775. The van der Waals surface area contributed by atoms with Crippen LogP contribution in [-0.2, 0) is 5.41 Å². The Hall–Kier alpha value is -6.45. The second-order valence-corrected chi connectivity index (χ2v) is 12.7. The van der Waals surface area contributed by atoms with Crippen molar-refractivity contribution in [3.63, 3.8) is 0 Å². The third kappa shape index (κ3) is 4.06. The lowest BCUT2D eigenvalue weighted by atomic mass is 9.66. The molecule has 2 aliphatic carbocycles. The van der Waals surface area contributed by atoms with E-state index in [0.717, 1.165) is 16.7 Å². The van der Waals surface area contributed by atoms with E-state index in [1.54, 1.807) is 0 Å². The van der Waals surface area contributed by atoms with Gasteiger partial charge in [-0.1, -0.05) is 170 Å². The van der Waals surface area contributed by atoms with E-state index in [1.807, 2.05) is 36.4 Å². The van der Waals surface area contributed by atoms with Crippen LogP contribution in [0.3, 0.4) is 0 Å². The molecule has 8 aromatic rings. The zero-order valence-corrected chi connectivity index (χ0v) is 26.6. The van der Waals surface area contributed by atoms with Crippen molar-refractivity contribution in [1.29, 1.82) is 0 Å². The van der Waals surface area contributed by atoms with Gasteiger partial charge in [-0.05, 0) is 61.7 Å². The van der Waals surface area contributed by atoms with Gasteiger partial charge in [0.1, 0.15) is 0 Å². The number of benzene rings is 7. The lowest BCUT2D eigenvalue weighted by Gasteiger charge is -2.35. The van der Waals surface area contributed by atoms with Crippen LogP contribution in [0.5, 0.6) is 0 Å². The van der Waals surface area contributed by atoms with E-state index in [4.69, 9.17) is 15.0 Å². The molecule has 0 radical (unpaired) electrons. The van der Waals surface area contributed by atoms with Gasteiger partial charge in [-0.3, -0.25) is 0 Å². The summed E-state index contributed by atoms with van der Waals surface area (Å²) in [6.07, 6.45) is 0. The molecule has 1 spiro atoms. The molecule has 3 nitrogen and oxygen atoms in total. The molecule has 7 aromatic carbocycles. The molecule has 228 valence electrons. The summed E-state index contributed by atoms with van der Waals surface area (Å²) in [6.45, 7) is 0. The topological polar surface area (TPSA) is 38.7 Å². The molecule has 2 aliphatic rings. The van der Waals surface area contributed by atoms with Crippen LogP contribution in [0.15, 0.2) is 176 Å². The van der Waals surface area contributed by atoms with Gasteiger partial charge in [0, 0.05) is 16.7 Å². The molecule has 1 aromatic heterocycles. The standard InChI is InChI=1S/C46H29N3/c1-3-15-30(16-4-1)43-47-44(31-17-5-2-6-18-31)49-45(48-43)32-27-28-42-38(29-32)37-23-11-14-26-41(37)46(42)39-24-12-9-21-35(39)33-19-7-8-20-34(33)36-22-10-13-25-40(36)46/h1-29H. The predicted octanol–water partition coefficient (Wildman–Crippen LogP) is 10.9. The van der Waals surface area contributed by atoms with Gasteiger partial charge >= 0.3 is 0 Å². The summed E-state index contributed by atoms with van der Waals surface area (Å²) in [5, 5.41) is 0. The summed E-state index contributed by atoms with van der Waals surface area (Å²) in [4.78, 5) is 15.1. The number of hydrogen-bond donors (Lipinski definition) is 0. The Morgan fingerprint density at radius 1 is 0.265 bits per heavy atom. The van der Waals surface area contributed by atoms with Crippen molar-refractivity contribution in [3.05, 3.63) is 198 Å². The first-order chi connectivity index (χ1) is 24.3. The van der Waals surface area contributed by atoms with E-state index in [9.17, 15) is 0 Å². The summed E-state index contributed by atoms with van der Waals surface area (Å²) in [5.41, 5.74) is 15.0. The molecular weight excluding hydrogens is 595 g/mol. The molecule has 0 N–H and O–H groups in total. The minimum absolute atomic E-state index is 0.514. The van der Waals surface area contributed by atoms with Gasteiger partial charge in [0.05, 0.1) is 5.41 Å². The third-order valence-corrected chi connectivity index (χ3v) is 10.2. The zero-order valence-electron chi connectivity index (χ0n) is 26.6. The Labute approximate surface area is 285 Å². The molecule has 0 saturated carbocycles. The van der Waals surface area contributed by atoms with E-state index >= 15 is 0 Å². The monoisotopic (exact) mass is 623 g/mol. The van der Waals surface area contributed by atoms with Crippen LogP contribution >= 0.6 is 0 Å². The summed E-state index contributed by atoms with van der Waals surface area (Å²) >= 11 is 0. The van der Waals surface area contributed by atoms with E-state index in [2.05, 4.69) is 140 Å². The van der Waals surface area contributed by atoms with E-state index in [0.29, 0.717) is 17.5 Å². The quantitative estimate of drug-likeness (QED) is 0.197. The maximum atomic E-state index is 5.08. The van der Waals surface area contributed by atoms with Gasteiger partial charge in [-0.25, -0.2) is 15.0 Å². The number of hydrogen-bond acceptors (Lipinski definition) is 3. The number of rotatable bonds is 3. The van der Waals surface area contributed by atoms with Crippen LogP contribution < -0.4 is 0 Å². The minimum atomic E-state index is -0.514. The summed E-state index contributed by atoms with van der Waals surface area (Å²) in [6, 6.07) is 62.9. The number of nitrogens with zero attached hydrogens (tertiary/aromatic N) is 3. The maximum Gasteiger partial charge on any atom is 0.164 e. The SMILES string of the molecule is c1ccc(-c2nc(-c3ccccc3)nc(-c3ccc4c(c3)-c3ccccc3C43c4ccccc4-c4ccccc4-c4ccccc43)n2)cc1. The van der Waals surface area contributed by atoms with Crippen molar-refractivity contribution in [2.75, 3.05) is 0 Å². The van der Waals surface area contributed by atoms with E-state index < -0.39 is 5.41 Å². The summed E-state index contributed by atoms with van der Waals surface area (Å²) in [7, 11) is 0. The molecule has 0 bridgehead atoms. The zero-order chi connectivity index (χ0) is 32.4. The highest BCUT2D eigenvalue weighted by Gasteiger charge is 2.49. The van der Waals surface area contributed by atoms with Gasteiger partial charge in [0.2, 0.25) is 0 Å². The highest BCUT2D eigenvalue weighted by molar-refractivity contribution is 5.97. The van der Waals surface area contributed by atoms with Crippen molar-refractivity contribution < 1.29 is 0 Å². The van der Waals surface area contributed by atoms with Gasteiger partial charge in [-0.2, -0.15) is 0 Å². The average molecular weight is 624 g/mol. The Bertz CT molecular complexity index is 2430. The fourth-order valence-corrected chi connectivity index (χ4v) is 8.13. The summed E-state index contributed by atoms with van der Waals surface area (Å²) < 4.78 is 0. The normalized spacial score (nSPS) is 13.1. The molecule has 0 amide bonds. The highest BCUT2D eigenvalue weighted by Crippen LogP contribution is 2.61. The Morgan fingerprint density at radius 2 is 0.612 bits per heavy atom. The van der Waals surface area contributed by atoms with Crippen molar-refractivity contribution in [3.8, 4) is 67.5 Å². The number of fused-ring (bicyclic) bond motifs is 12. The fraction of sp³-hybridized carbons (Fsp3) is 0.0217. The van der Waals surface area contributed by atoms with Gasteiger partial charge in [0.15, 0.2) is 17.5 Å². The second kappa shape index (κ2) is 10.8. The van der Waals surface area contributed by atoms with Crippen molar-refractivity contribution in [2.24, 2.45) is 0 Å². The minimum Gasteiger partial charge on any atom is -0.208 e. The Balaban J connectivity index is 1.26. The lowest BCUT2D eigenvalue weighted by Crippen LogP contribution is -2.29. The molecule has 10 rings (SSSR count). The Kier molecular flexibility index (Phi) is 6.09. The Morgan fingerprint density at radius 3 is 1.08 bits per heavy atom. The second-order valence-electron chi connectivity index (χ2n) is 12.7. The molecule has 0 fully saturated rings. The molecular formula is C46H29N3. The smallest absolute Gasteiger partial charge is 0.164 e. The third-order valence-electron chi connectivity index (χ3n) is 10.2. The van der Waals surface area contributed by atoms with E-state index in [1.165, 1.54) is 55.6 Å². The molecule has 0 saturated heterocycles. The highest BCUT2D eigenvalue weighted by atomic mass is 15.0. The predicted molar refractivity (Wildman–Crippen MR) is 198 cm³/mol. The van der Waals surface area contributed by atoms with Crippen LogP contribution in [0.25, 0.3) is 67.5 Å². The van der Waals surface area contributed by atoms with Crippen molar-refractivity contribution >= 4 is 0 Å². The first-order valence-corrected chi connectivity index (χ1v) is 16.7. The first kappa shape index (κ1) is 27.6. The number of aromatic nitrogens is 3. The van der Waals surface area contributed by atoms with E-state index in [-0.39, 0.29) is 0 Å². The first-order valence-electron chi connectivity index (χ1n) is 16.7. The molecule has 49 heavy (non-hydrogen) atoms. The molecule has 3 heteroatoms. The van der Waals surface area contributed by atoms with Crippen molar-refractivity contribution in [2.45, 2.75) is 5.41 Å². The molecule has 0 unspecified atom stereocenters. The van der Waals surface area contributed by atoms with Gasteiger partial charge < -0.3 is 0 Å². The van der Waals surface area contributed by atoms with Gasteiger partial charge in [0.25, 0.3) is 0 Å². The van der Waals surface area contributed by atoms with Crippen LogP contribution in [0.4, 0.5) is 0 Å². The van der Waals surface area contributed by atoms with Crippen LogP contribution in [-0.4, -0.2) is 15.0 Å².